The van der Waals surface area contributed by atoms with Crippen LogP contribution in [0.25, 0.3) is 11.3 Å². The summed E-state index contributed by atoms with van der Waals surface area (Å²) in [6.45, 7) is 6.75. The number of para-hydroxylation sites is 1. The molecule has 0 unspecified atom stereocenters. The molecule has 1 fully saturated rings. The van der Waals surface area contributed by atoms with Crippen molar-refractivity contribution in [3.8, 4) is 11.3 Å². The van der Waals surface area contributed by atoms with Gasteiger partial charge < -0.3 is 15.1 Å². The Labute approximate surface area is 173 Å². The van der Waals surface area contributed by atoms with Crippen LogP contribution in [0, 0.1) is 19.7 Å². The van der Waals surface area contributed by atoms with Gasteiger partial charge in [-0.05, 0) is 49.2 Å². The van der Waals surface area contributed by atoms with E-state index in [1.807, 2.05) is 42.3 Å². The molecule has 1 aliphatic rings. The van der Waals surface area contributed by atoms with Crippen LogP contribution in [0.1, 0.15) is 11.1 Å². The number of benzene rings is 2. The fraction of sp³-hybridized carbons (Fsp3) is 0.273. The van der Waals surface area contributed by atoms with E-state index in [4.69, 9.17) is 4.98 Å². The Morgan fingerprint density at radius 3 is 2.34 bits per heavy atom. The van der Waals surface area contributed by atoms with Gasteiger partial charge >= 0.3 is 6.03 Å². The van der Waals surface area contributed by atoms with Gasteiger partial charge in [0.05, 0.1) is 5.69 Å². The fourth-order valence-electron chi connectivity index (χ4n) is 3.46. The van der Waals surface area contributed by atoms with Crippen LogP contribution in [0.2, 0.25) is 0 Å². The van der Waals surface area contributed by atoms with Crippen molar-refractivity contribution in [2.75, 3.05) is 36.4 Å². The van der Waals surface area contributed by atoms with Crippen LogP contribution in [-0.2, 0) is 0 Å². The Balaban J connectivity index is 1.37. The molecule has 150 valence electrons. The highest BCUT2D eigenvalue weighted by Crippen LogP contribution is 2.28. The summed E-state index contributed by atoms with van der Waals surface area (Å²) in [4.78, 5) is 21.4. The van der Waals surface area contributed by atoms with Crippen molar-refractivity contribution in [3.05, 3.63) is 64.8 Å². The molecule has 3 aromatic rings. The molecule has 0 radical (unpaired) electrons. The number of anilines is 2. The lowest BCUT2D eigenvalue weighted by Crippen LogP contribution is -2.50. The summed E-state index contributed by atoms with van der Waals surface area (Å²) in [5.74, 6) is -0.250. The number of amides is 2. The molecule has 0 aliphatic carbocycles. The minimum atomic E-state index is -0.250. The molecular formula is C22H23FN4OS. The van der Waals surface area contributed by atoms with Gasteiger partial charge in [-0.1, -0.05) is 18.2 Å². The standard InChI is InChI=1S/C22H23FN4OS/c1-15-4-3-5-16(2)20(15)25-21(28)26-10-12-27(13-11-26)22-24-19(14-29-22)17-6-8-18(23)9-7-17/h3-9,14H,10-13H2,1-2H3,(H,25,28). The molecule has 1 aromatic heterocycles. The van der Waals surface area contributed by atoms with Gasteiger partial charge in [0.25, 0.3) is 0 Å². The van der Waals surface area contributed by atoms with E-state index in [2.05, 4.69) is 10.2 Å². The molecule has 29 heavy (non-hydrogen) atoms. The van der Waals surface area contributed by atoms with Crippen LogP contribution < -0.4 is 10.2 Å². The maximum absolute atomic E-state index is 13.1. The number of nitrogens with one attached hydrogen (secondary N) is 1. The maximum atomic E-state index is 13.1. The maximum Gasteiger partial charge on any atom is 0.321 e. The van der Waals surface area contributed by atoms with Gasteiger partial charge in [0.1, 0.15) is 5.82 Å². The first kappa shape index (κ1) is 19.4. The summed E-state index contributed by atoms with van der Waals surface area (Å²) in [7, 11) is 0. The van der Waals surface area contributed by atoms with Gasteiger partial charge in [0.15, 0.2) is 5.13 Å². The topological polar surface area (TPSA) is 48.5 Å². The predicted molar refractivity (Wildman–Crippen MR) is 116 cm³/mol. The Hall–Kier alpha value is -2.93. The van der Waals surface area contributed by atoms with Crippen LogP contribution in [-0.4, -0.2) is 42.1 Å². The third-order valence-corrected chi connectivity index (χ3v) is 6.08. The lowest BCUT2D eigenvalue weighted by Gasteiger charge is -2.34. The summed E-state index contributed by atoms with van der Waals surface area (Å²) in [5.41, 5.74) is 4.77. The average molecular weight is 411 g/mol. The second-order valence-electron chi connectivity index (χ2n) is 7.19. The first-order valence-corrected chi connectivity index (χ1v) is 10.5. The molecule has 1 saturated heterocycles. The monoisotopic (exact) mass is 410 g/mol. The van der Waals surface area contributed by atoms with Crippen molar-refractivity contribution in [2.45, 2.75) is 13.8 Å². The molecule has 0 spiro atoms. The Morgan fingerprint density at radius 1 is 1.03 bits per heavy atom. The normalized spacial score (nSPS) is 14.2. The van der Waals surface area contributed by atoms with E-state index in [0.29, 0.717) is 13.1 Å². The van der Waals surface area contributed by atoms with E-state index in [9.17, 15) is 9.18 Å². The van der Waals surface area contributed by atoms with Crippen molar-refractivity contribution in [3.63, 3.8) is 0 Å². The Morgan fingerprint density at radius 2 is 1.69 bits per heavy atom. The average Bonchev–Trinajstić information content (AvgIpc) is 3.21. The van der Waals surface area contributed by atoms with Crippen LogP contribution in [0.3, 0.4) is 0 Å². The summed E-state index contributed by atoms with van der Waals surface area (Å²) >= 11 is 1.57. The van der Waals surface area contributed by atoms with E-state index in [1.54, 1.807) is 23.5 Å². The van der Waals surface area contributed by atoms with E-state index in [1.165, 1.54) is 12.1 Å². The fourth-order valence-corrected chi connectivity index (χ4v) is 4.35. The second kappa shape index (κ2) is 8.21. The number of piperazine rings is 1. The number of urea groups is 1. The van der Waals surface area contributed by atoms with Crippen LogP contribution in [0.4, 0.5) is 20.0 Å². The van der Waals surface area contributed by atoms with Crippen LogP contribution >= 0.6 is 11.3 Å². The van der Waals surface area contributed by atoms with Gasteiger partial charge in [0, 0.05) is 42.8 Å². The first-order valence-electron chi connectivity index (χ1n) is 9.60. The number of rotatable bonds is 3. The molecular weight excluding hydrogens is 387 g/mol. The van der Waals surface area contributed by atoms with Crippen molar-refractivity contribution >= 4 is 28.2 Å². The number of aryl methyl sites for hydroxylation is 2. The number of aromatic nitrogens is 1. The summed E-state index contributed by atoms with van der Waals surface area (Å²) in [5, 5.41) is 5.98. The first-order chi connectivity index (χ1) is 14.0. The zero-order chi connectivity index (χ0) is 20.4. The van der Waals surface area contributed by atoms with Crippen LogP contribution in [0.15, 0.2) is 47.8 Å². The minimum Gasteiger partial charge on any atom is -0.345 e. The number of hydrogen-bond donors (Lipinski definition) is 1. The predicted octanol–water partition coefficient (Wildman–Crippen LogP) is 4.92. The molecule has 7 heteroatoms. The van der Waals surface area contributed by atoms with Crippen molar-refractivity contribution in [1.29, 1.82) is 0 Å². The zero-order valence-corrected chi connectivity index (χ0v) is 17.3. The van der Waals surface area contributed by atoms with Gasteiger partial charge in [-0.25, -0.2) is 14.2 Å². The number of carbonyl (C=O) groups excluding carboxylic acids is 1. The molecule has 4 rings (SSSR count). The van der Waals surface area contributed by atoms with Gasteiger partial charge in [-0.3, -0.25) is 0 Å². The minimum absolute atomic E-state index is 0.0619. The number of hydrogen-bond acceptors (Lipinski definition) is 4. The van der Waals surface area contributed by atoms with Gasteiger partial charge in [-0.15, -0.1) is 11.3 Å². The van der Waals surface area contributed by atoms with E-state index in [0.717, 1.165) is 46.3 Å². The molecule has 5 nitrogen and oxygen atoms in total. The number of nitrogens with zero attached hydrogens (tertiary/aromatic N) is 3. The Bertz CT molecular complexity index is 990. The van der Waals surface area contributed by atoms with Crippen molar-refractivity contribution < 1.29 is 9.18 Å². The van der Waals surface area contributed by atoms with Crippen LogP contribution in [0.5, 0.6) is 0 Å². The number of halogens is 1. The molecule has 1 N–H and O–H groups in total. The molecule has 2 amide bonds. The second-order valence-corrected chi connectivity index (χ2v) is 8.03. The summed E-state index contributed by atoms with van der Waals surface area (Å²) in [6, 6.07) is 12.3. The largest absolute Gasteiger partial charge is 0.345 e. The molecule has 2 aromatic carbocycles. The summed E-state index contributed by atoms with van der Waals surface area (Å²) < 4.78 is 13.1. The third-order valence-electron chi connectivity index (χ3n) is 5.18. The lowest BCUT2D eigenvalue weighted by atomic mass is 10.1. The molecule has 0 bridgehead atoms. The molecule has 2 heterocycles. The molecule has 0 atom stereocenters. The van der Waals surface area contributed by atoms with E-state index in [-0.39, 0.29) is 11.8 Å². The molecule has 1 aliphatic heterocycles. The lowest BCUT2D eigenvalue weighted by molar-refractivity contribution is 0.208. The SMILES string of the molecule is Cc1cccc(C)c1NC(=O)N1CCN(c2nc(-c3ccc(F)cc3)cs2)CC1. The highest BCUT2D eigenvalue weighted by molar-refractivity contribution is 7.14. The zero-order valence-electron chi connectivity index (χ0n) is 16.5. The number of carbonyl (C=O) groups is 1. The molecule has 0 saturated carbocycles. The highest BCUT2D eigenvalue weighted by Gasteiger charge is 2.23. The van der Waals surface area contributed by atoms with E-state index >= 15 is 0 Å². The third kappa shape index (κ3) is 4.24. The van der Waals surface area contributed by atoms with E-state index < -0.39 is 0 Å². The Kier molecular flexibility index (Phi) is 5.49. The van der Waals surface area contributed by atoms with Crippen molar-refractivity contribution in [2.24, 2.45) is 0 Å². The number of thiazole rings is 1. The summed E-state index contributed by atoms with van der Waals surface area (Å²) in [6.07, 6.45) is 0. The van der Waals surface area contributed by atoms with Crippen molar-refractivity contribution in [1.82, 2.24) is 9.88 Å². The highest BCUT2D eigenvalue weighted by atomic mass is 32.1. The quantitative estimate of drug-likeness (QED) is 0.667. The van der Waals surface area contributed by atoms with Gasteiger partial charge in [0.2, 0.25) is 0 Å². The van der Waals surface area contributed by atoms with Gasteiger partial charge in [-0.2, -0.15) is 0 Å². The smallest absolute Gasteiger partial charge is 0.321 e.